The van der Waals surface area contributed by atoms with Crippen molar-refractivity contribution in [2.24, 2.45) is 0 Å². The molecule has 0 radical (unpaired) electrons. The standard InChI is InChI=1S/C17H20O4/c1-3-4-5-10-16(18)21-14-11-15(20-2)17(19)13-9-7-6-8-12(13)14/h6-9,11,19H,3-5,10H2,1-2H3. The number of benzene rings is 2. The van der Waals surface area contributed by atoms with Crippen LogP contribution in [0.25, 0.3) is 10.8 Å². The summed E-state index contributed by atoms with van der Waals surface area (Å²) >= 11 is 0. The van der Waals surface area contributed by atoms with E-state index in [0.29, 0.717) is 28.7 Å². The van der Waals surface area contributed by atoms with Gasteiger partial charge in [0.25, 0.3) is 0 Å². The minimum absolute atomic E-state index is 0.0545. The van der Waals surface area contributed by atoms with Crippen molar-refractivity contribution in [1.29, 1.82) is 0 Å². The van der Waals surface area contributed by atoms with Crippen LogP contribution in [0.3, 0.4) is 0 Å². The summed E-state index contributed by atoms with van der Waals surface area (Å²) in [5.74, 6) is 0.507. The van der Waals surface area contributed by atoms with Crippen LogP contribution in [-0.4, -0.2) is 18.2 Å². The molecule has 0 saturated heterocycles. The summed E-state index contributed by atoms with van der Waals surface area (Å²) in [6.07, 6.45) is 3.28. The summed E-state index contributed by atoms with van der Waals surface area (Å²) in [7, 11) is 1.47. The van der Waals surface area contributed by atoms with E-state index in [4.69, 9.17) is 9.47 Å². The third-order valence-corrected chi connectivity index (χ3v) is 3.37. The minimum atomic E-state index is -0.263. The van der Waals surface area contributed by atoms with Crippen molar-refractivity contribution in [3.05, 3.63) is 30.3 Å². The quantitative estimate of drug-likeness (QED) is 0.495. The molecule has 2 rings (SSSR count). The van der Waals surface area contributed by atoms with Crippen LogP contribution in [0.2, 0.25) is 0 Å². The van der Waals surface area contributed by atoms with E-state index in [1.54, 1.807) is 12.1 Å². The Morgan fingerprint density at radius 3 is 2.52 bits per heavy atom. The molecular formula is C17H20O4. The number of fused-ring (bicyclic) bond motifs is 1. The first-order valence-corrected chi connectivity index (χ1v) is 7.16. The Morgan fingerprint density at radius 1 is 1.14 bits per heavy atom. The third kappa shape index (κ3) is 3.45. The summed E-state index contributed by atoms with van der Waals surface area (Å²) in [4.78, 5) is 11.9. The van der Waals surface area contributed by atoms with E-state index in [0.717, 1.165) is 19.3 Å². The molecule has 0 saturated carbocycles. The first-order valence-electron chi connectivity index (χ1n) is 7.16. The summed E-state index contributed by atoms with van der Waals surface area (Å²) < 4.78 is 10.6. The number of hydrogen-bond donors (Lipinski definition) is 1. The highest BCUT2D eigenvalue weighted by atomic mass is 16.5. The smallest absolute Gasteiger partial charge is 0.311 e. The molecule has 2 aromatic rings. The zero-order valence-electron chi connectivity index (χ0n) is 12.4. The highest BCUT2D eigenvalue weighted by molar-refractivity contribution is 5.96. The molecule has 2 aromatic carbocycles. The van der Waals surface area contributed by atoms with E-state index in [9.17, 15) is 9.90 Å². The molecule has 4 nitrogen and oxygen atoms in total. The third-order valence-electron chi connectivity index (χ3n) is 3.37. The van der Waals surface area contributed by atoms with Gasteiger partial charge in [-0.2, -0.15) is 0 Å². The summed E-state index contributed by atoms with van der Waals surface area (Å²) in [5.41, 5.74) is 0. The number of esters is 1. The molecular weight excluding hydrogens is 268 g/mol. The van der Waals surface area contributed by atoms with Gasteiger partial charge in [-0.15, -0.1) is 0 Å². The van der Waals surface area contributed by atoms with E-state index in [2.05, 4.69) is 6.92 Å². The molecule has 0 unspecified atom stereocenters. The predicted molar refractivity (Wildman–Crippen MR) is 81.9 cm³/mol. The first-order chi connectivity index (χ1) is 10.2. The maximum atomic E-state index is 11.9. The SMILES string of the molecule is CCCCCC(=O)Oc1cc(OC)c(O)c2ccccc12. The lowest BCUT2D eigenvalue weighted by Gasteiger charge is -2.12. The highest BCUT2D eigenvalue weighted by Crippen LogP contribution is 2.40. The molecule has 0 fully saturated rings. The lowest BCUT2D eigenvalue weighted by atomic mass is 10.1. The van der Waals surface area contributed by atoms with E-state index in [-0.39, 0.29) is 11.7 Å². The zero-order chi connectivity index (χ0) is 15.2. The predicted octanol–water partition coefficient (Wildman–Crippen LogP) is 4.04. The van der Waals surface area contributed by atoms with Gasteiger partial charge in [-0.1, -0.05) is 44.0 Å². The van der Waals surface area contributed by atoms with E-state index in [1.165, 1.54) is 7.11 Å². The molecule has 112 valence electrons. The fraction of sp³-hybridized carbons (Fsp3) is 0.353. The second-order valence-corrected chi connectivity index (χ2v) is 4.90. The van der Waals surface area contributed by atoms with Gasteiger partial charge in [0.2, 0.25) is 0 Å². The van der Waals surface area contributed by atoms with Crippen LogP contribution in [-0.2, 0) is 4.79 Å². The van der Waals surface area contributed by atoms with Gasteiger partial charge in [-0.25, -0.2) is 0 Å². The van der Waals surface area contributed by atoms with Gasteiger partial charge in [0.1, 0.15) is 5.75 Å². The van der Waals surface area contributed by atoms with E-state index < -0.39 is 0 Å². The summed E-state index contributed by atoms with van der Waals surface area (Å²) in [5, 5.41) is 11.4. The van der Waals surface area contributed by atoms with Gasteiger partial charge >= 0.3 is 5.97 Å². The number of rotatable bonds is 6. The number of phenolic OH excluding ortho intramolecular Hbond substituents is 1. The second kappa shape index (κ2) is 6.97. The number of carbonyl (C=O) groups excluding carboxylic acids is 1. The molecule has 0 aliphatic rings. The van der Waals surface area contributed by atoms with Gasteiger partial charge in [-0.3, -0.25) is 4.79 Å². The Kier molecular flexibility index (Phi) is 5.04. The molecule has 1 N–H and O–H groups in total. The van der Waals surface area contributed by atoms with Crippen LogP contribution in [0.4, 0.5) is 0 Å². The van der Waals surface area contributed by atoms with Crippen LogP contribution in [0.15, 0.2) is 30.3 Å². The first kappa shape index (κ1) is 15.2. The normalized spacial score (nSPS) is 10.6. The summed E-state index contributed by atoms with van der Waals surface area (Å²) in [6.45, 7) is 2.09. The minimum Gasteiger partial charge on any atom is -0.504 e. The van der Waals surface area contributed by atoms with Gasteiger partial charge in [0, 0.05) is 23.3 Å². The lowest BCUT2D eigenvalue weighted by molar-refractivity contribution is -0.134. The van der Waals surface area contributed by atoms with Crippen molar-refractivity contribution < 1.29 is 19.4 Å². The zero-order valence-corrected chi connectivity index (χ0v) is 12.4. The van der Waals surface area contributed by atoms with Crippen molar-refractivity contribution in [1.82, 2.24) is 0 Å². The molecule has 0 heterocycles. The second-order valence-electron chi connectivity index (χ2n) is 4.90. The van der Waals surface area contributed by atoms with Crippen LogP contribution in [0.5, 0.6) is 17.2 Å². The molecule has 0 aromatic heterocycles. The average Bonchev–Trinajstić information content (AvgIpc) is 2.50. The molecule has 0 aliphatic carbocycles. The van der Waals surface area contributed by atoms with Crippen LogP contribution >= 0.6 is 0 Å². The topological polar surface area (TPSA) is 55.8 Å². The Hall–Kier alpha value is -2.23. The number of ether oxygens (including phenoxy) is 2. The number of methoxy groups -OCH3 is 1. The maximum Gasteiger partial charge on any atom is 0.311 e. The lowest BCUT2D eigenvalue weighted by Crippen LogP contribution is -2.08. The molecule has 0 atom stereocenters. The van der Waals surface area contributed by atoms with Crippen molar-refractivity contribution in [3.8, 4) is 17.2 Å². The maximum absolute atomic E-state index is 11.9. The number of carbonyl (C=O) groups is 1. The largest absolute Gasteiger partial charge is 0.504 e. The molecule has 0 amide bonds. The van der Waals surface area contributed by atoms with Crippen molar-refractivity contribution >= 4 is 16.7 Å². The Bertz CT molecular complexity index is 634. The molecule has 0 spiro atoms. The van der Waals surface area contributed by atoms with E-state index in [1.807, 2.05) is 18.2 Å². The monoisotopic (exact) mass is 288 g/mol. The van der Waals surface area contributed by atoms with Crippen molar-refractivity contribution in [2.75, 3.05) is 7.11 Å². The van der Waals surface area contributed by atoms with Crippen LogP contribution in [0.1, 0.15) is 32.6 Å². The molecule has 0 aliphatic heterocycles. The van der Waals surface area contributed by atoms with Gasteiger partial charge in [0.05, 0.1) is 7.11 Å². The number of hydrogen-bond acceptors (Lipinski definition) is 4. The number of phenols is 1. The van der Waals surface area contributed by atoms with Crippen LogP contribution < -0.4 is 9.47 Å². The fourth-order valence-corrected chi connectivity index (χ4v) is 2.24. The van der Waals surface area contributed by atoms with Gasteiger partial charge in [0.15, 0.2) is 11.5 Å². The molecule has 4 heteroatoms. The summed E-state index contributed by atoms with van der Waals surface area (Å²) in [6, 6.07) is 8.77. The highest BCUT2D eigenvalue weighted by Gasteiger charge is 2.15. The molecule has 0 bridgehead atoms. The van der Waals surface area contributed by atoms with Crippen molar-refractivity contribution in [2.45, 2.75) is 32.6 Å². The van der Waals surface area contributed by atoms with Crippen molar-refractivity contribution in [3.63, 3.8) is 0 Å². The molecule has 21 heavy (non-hydrogen) atoms. The van der Waals surface area contributed by atoms with Gasteiger partial charge in [-0.05, 0) is 6.42 Å². The van der Waals surface area contributed by atoms with Gasteiger partial charge < -0.3 is 14.6 Å². The Balaban J connectivity index is 2.30. The Morgan fingerprint density at radius 2 is 1.86 bits per heavy atom. The number of aromatic hydroxyl groups is 1. The van der Waals surface area contributed by atoms with E-state index >= 15 is 0 Å². The number of unbranched alkanes of at least 4 members (excludes halogenated alkanes) is 2. The van der Waals surface area contributed by atoms with Crippen LogP contribution in [0, 0.1) is 0 Å². The fourth-order valence-electron chi connectivity index (χ4n) is 2.24. The Labute approximate surface area is 124 Å². The average molecular weight is 288 g/mol.